The SMILES string of the molecule is CSc1nc(N)nc(NC(C)CSc2ccccc2C)n1. The lowest BCUT2D eigenvalue weighted by Gasteiger charge is -2.14. The summed E-state index contributed by atoms with van der Waals surface area (Å²) in [6, 6.07) is 8.60. The minimum atomic E-state index is 0.228. The van der Waals surface area contributed by atoms with Crippen LogP contribution in [0.2, 0.25) is 0 Å². The molecule has 0 fully saturated rings. The molecule has 0 radical (unpaired) electrons. The van der Waals surface area contributed by atoms with Crippen molar-refractivity contribution in [3.05, 3.63) is 29.8 Å². The third-order valence-electron chi connectivity index (χ3n) is 2.77. The van der Waals surface area contributed by atoms with Crippen molar-refractivity contribution in [2.45, 2.75) is 29.9 Å². The van der Waals surface area contributed by atoms with Crippen molar-refractivity contribution in [2.75, 3.05) is 23.1 Å². The number of benzene rings is 1. The fourth-order valence-corrected chi connectivity index (χ4v) is 3.07. The van der Waals surface area contributed by atoms with Crippen molar-refractivity contribution in [1.29, 1.82) is 0 Å². The first kappa shape index (κ1) is 15.9. The minimum absolute atomic E-state index is 0.228. The Morgan fingerprint density at radius 2 is 2.00 bits per heavy atom. The van der Waals surface area contributed by atoms with Crippen molar-refractivity contribution < 1.29 is 0 Å². The predicted octanol–water partition coefficient (Wildman–Crippen LogP) is 3.08. The number of aromatic nitrogens is 3. The van der Waals surface area contributed by atoms with E-state index in [1.165, 1.54) is 22.2 Å². The second-order valence-corrected chi connectivity index (χ2v) is 6.46. The van der Waals surface area contributed by atoms with Crippen LogP contribution in [0.25, 0.3) is 0 Å². The Hall–Kier alpha value is -1.47. The zero-order valence-corrected chi connectivity index (χ0v) is 14.0. The fourth-order valence-electron chi connectivity index (χ4n) is 1.72. The molecule has 0 amide bonds. The smallest absolute Gasteiger partial charge is 0.228 e. The standard InChI is InChI=1S/C14H19N5S2/c1-9-6-4-5-7-11(9)21-8-10(2)16-13-17-12(15)18-14(19-13)20-3/h4-7,10H,8H2,1-3H3,(H3,15,16,17,18,19). The van der Waals surface area contributed by atoms with Gasteiger partial charge in [0.2, 0.25) is 11.9 Å². The van der Waals surface area contributed by atoms with Crippen LogP contribution in [0.15, 0.2) is 34.3 Å². The molecule has 1 aromatic heterocycles. The molecule has 0 aliphatic rings. The summed E-state index contributed by atoms with van der Waals surface area (Å²) in [6.45, 7) is 4.22. The number of thioether (sulfide) groups is 2. The van der Waals surface area contributed by atoms with Crippen LogP contribution in [0.4, 0.5) is 11.9 Å². The second-order valence-electron chi connectivity index (χ2n) is 4.63. The number of nitrogen functional groups attached to an aromatic ring is 1. The minimum Gasteiger partial charge on any atom is -0.368 e. The molecule has 0 saturated carbocycles. The van der Waals surface area contributed by atoms with E-state index < -0.39 is 0 Å². The summed E-state index contributed by atoms with van der Waals surface area (Å²) in [6.07, 6.45) is 1.91. The van der Waals surface area contributed by atoms with Gasteiger partial charge in [0, 0.05) is 16.7 Å². The van der Waals surface area contributed by atoms with Gasteiger partial charge in [0.15, 0.2) is 5.16 Å². The van der Waals surface area contributed by atoms with E-state index in [-0.39, 0.29) is 12.0 Å². The highest BCUT2D eigenvalue weighted by Gasteiger charge is 2.08. The van der Waals surface area contributed by atoms with Crippen molar-refractivity contribution in [3.63, 3.8) is 0 Å². The molecule has 0 spiro atoms. The average molecular weight is 321 g/mol. The summed E-state index contributed by atoms with van der Waals surface area (Å²) < 4.78 is 0. The number of hydrogen-bond donors (Lipinski definition) is 2. The monoisotopic (exact) mass is 321 g/mol. The second kappa shape index (κ2) is 7.51. The molecular weight excluding hydrogens is 302 g/mol. The molecule has 2 rings (SSSR count). The highest BCUT2D eigenvalue weighted by Crippen LogP contribution is 2.23. The van der Waals surface area contributed by atoms with Crippen molar-refractivity contribution in [1.82, 2.24) is 15.0 Å². The van der Waals surface area contributed by atoms with Crippen LogP contribution in [-0.4, -0.2) is 33.0 Å². The molecule has 1 atom stereocenters. The topological polar surface area (TPSA) is 76.7 Å². The van der Waals surface area contributed by atoms with Gasteiger partial charge in [-0.2, -0.15) is 15.0 Å². The van der Waals surface area contributed by atoms with Crippen LogP contribution in [0.5, 0.6) is 0 Å². The number of aryl methyl sites for hydroxylation is 1. The number of nitrogens with one attached hydrogen (secondary N) is 1. The third-order valence-corrected chi connectivity index (χ3v) is 4.76. The Morgan fingerprint density at radius 1 is 1.24 bits per heavy atom. The van der Waals surface area contributed by atoms with Crippen LogP contribution in [-0.2, 0) is 0 Å². The van der Waals surface area contributed by atoms with E-state index in [1.807, 2.05) is 18.0 Å². The molecule has 21 heavy (non-hydrogen) atoms. The number of rotatable bonds is 6. The lowest BCUT2D eigenvalue weighted by Crippen LogP contribution is -2.20. The maximum atomic E-state index is 5.67. The molecule has 5 nitrogen and oxygen atoms in total. The van der Waals surface area contributed by atoms with Crippen LogP contribution in [0.3, 0.4) is 0 Å². The molecule has 7 heteroatoms. The molecule has 112 valence electrons. The summed E-state index contributed by atoms with van der Waals surface area (Å²) in [5, 5.41) is 3.90. The third kappa shape index (κ3) is 4.78. The van der Waals surface area contributed by atoms with Crippen LogP contribution in [0, 0.1) is 6.92 Å². The molecule has 0 bridgehead atoms. The largest absolute Gasteiger partial charge is 0.368 e. The molecule has 0 aliphatic heterocycles. The molecule has 1 unspecified atom stereocenters. The molecule has 1 heterocycles. The average Bonchev–Trinajstić information content (AvgIpc) is 2.45. The Balaban J connectivity index is 1.94. The number of anilines is 2. The Bertz CT molecular complexity index is 606. The van der Waals surface area contributed by atoms with E-state index >= 15 is 0 Å². The maximum absolute atomic E-state index is 5.67. The summed E-state index contributed by atoms with van der Waals surface area (Å²) in [4.78, 5) is 13.8. The highest BCUT2D eigenvalue weighted by molar-refractivity contribution is 7.99. The van der Waals surface area contributed by atoms with Gasteiger partial charge in [0.1, 0.15) is 0 Å². The van der Waals surface area contributed by atoms with E-state index in [2.05, 4.69) is 58.4 Å². The predicted molar refractivity (Wildman–Crippen MR) is 91.0 cm³/mol. The van der Waals surface area contributed by atoms with Crippen LogP contribution >= 0.6 is 23.5 Å². The maximum Gasteiger partial charge on any atom is 0.228 e. The number of nitrogens with two attached hydrogens (primary N) is 1. The van der Waals surface area contributed by atoms with Gasteiger partial charge in [-0.05, 0) is 31.7 Å². The van der Waals surface area contributed by atoms with Gasteiger partial charge in [-0.15, -0.1) is 11.8 Å². The normalized spacial score (nSPS) is 12.1. The van der Waals surface area contributed by atoms with E-state index in [4.69, 9.17) is 5.73 Å². The van der Waals surface area contributed by atoms with E-state index in [9.17, 15) is 0 Å². The molecule has 0 saturated heterocycles. The van der Waals surface area contributed by atoms with Gasteiger partial charge in [-0.25, -0.2) is 0 Å². The Kier molecular flexibility index (Phi) is 5.69. The van der Waals surface area contributed by atoms with Crippen molar-refractivity contribution in [3.8, 4) is 0 Å². The van der Waals surface area contributed by atoms with E-state index in [1.54, 1.807) is 0 Å². The van der Waals surface area contributed by atoms with Gasteiger partial charge in [-0.1, -0.05) is 30.0 Å². The van der Waals surface area contributed by atoms with Crippen LogP contribution in [0.1, 0.15) is 12.5 Å². The first-order valence-electron chi connectivity index (χ1n) is 6.59. The first-order chi connectivity index (χ1) is 10.1. The van der Waals surface area contributed by atoms with Crippen LogP contribution < -0.4 is 11.1 Å². The van der Waals surface area contributed by atoms with Crippen molar-refractivity contribution in [2.24, 2.45) is 0 Å². The lowest BCUT2D eigenvalue weighted by atomic mass is 10.2. The van der Waals surface area contributed by atoms with Gasteiger partial charge >= 0.3 is 0 Å². The molecular formula is C14H19N5S2. The summed E-state index contributed by atoms with van der Waals surface area (Å²) >= 11 is 3.27. The molecule has 0 aliphatic carbocycles. The zero-order valence-electron chi connectivity index (χ0n) is 12.3. The van der Waals surface area contributed by atoms with Gasteiger partial charge < -0.3 is 11.1 Å². The van der Waals surface area contributed by atoms with Gasteiger partial charge in [0.05, 0.1) is 0 Å². The lowest BCUT2D eigenvalue weighted by molar-refractivity contribution is 0.848. The number of hydrogen-bond acceptors (Lipinski definition) is 7. The molecule has 2 aromatic rings. The van der Waals surface area contributed by atoms with E-state index in [0.29, 0.717) is 11.1 Å². The summed E-state index contributed by atoms with van der Waals surface area (Å²) in [5.41, 5.74) is 6.97. The van der Waals surface area contributed by atoms with E-state index in [0.717, 1.165) is 5.75 Å². The first-order valence-corrected chi connectivity index (χ1v) is 8.80. The number of nitrogens with zero attached hydrogens (tertiary/aromatic N) is 3. The molecule has 3 N–H and O–H groups in total. The Labute approximate surface area is 133 Å². The summed E-state index contributed by atoms with van der Waals surface area (Å²) in [7, 11) is 0. The fraction of sp³-hybridized carbons (Fsp3) is 0.357. The highest BCUT2D eigenvalue weighted by atomic mass is 32.2. The summed E-state index contributed by atoms with van der Waals surface area (Å²) in [5.74, 6) is 1.70. The van der Waals surface area contributed by atoms with Crippen molar-refractivity contribution >= 4 is 35.4 Å². The van der Waals surface area contributed by atoms with Gasteiger partial charge in [-0.3, -0.25) is 0 Å². The van der Waals surface area contributed by atoms with Gasteiger partial charge in [0.25, 0.3) is 0 Å². The molecule has 1 aromatic carbocycles. The quantitative estimate of drug-likeness (QED) is 0.792. The zero-order chi connectivity index (χ0) is 15.2. The Morgan fingerprint density at radius 3 is 2.71 bits per heavy atom.